The van der Waals surface area contributed by atoms with Crippen molar-refractivity contribution in [2.75, 3.05) is 21.3 Å². The molecule has 124 valence electrons. The van der Waals surface area contributed by atoms with Gasteiger partial charge in [0, 0.05) is 11.1 Å². The molecule has 0 bridgehead atoms. The zero-order valence-electron chi connectivity index (χ0n) is 13.6. The van der Waals surface area contributed by atoms with Gasteiger partial charge in [0.2, 0.25) is 11.7 Å². The van der Waals surface area contributed by atoms with Crippen molar-refractivity contribution in [1.82, 2.24) is 10.3 Å². The first-order valence-corrected chi connectivity index (χ1v) is 7.92. The molecule has 0 aliphatic carbocycles. The van der Waals surface area contributed by atoms with E-state index in [9.17, 15) is 4.79 Å². The number of methoxy groups -OCH3 is 3. The Labute approximate surface area is 139 Å². The van der Waals surface area contributed by atoms with Gasteiger partial charge in [0.15, 0.2) is 11.5 Å². The third-order valence-corrected chi connectivity index (χ3v) is 4.16. The van der Waals surface area contributed by atoms with E-state index in [2.05, 4.69) is 10.3 Å². The number of hydrogen-bond acceptors (Lipinski definition) is 6. The number of hydrogen-bond donors (Lipinski definition) is 1. The first kappa shape index (κ1) is 17.1. The third kappa shape index (κ3) is 4.35. The number of rotatable bonds is 7. The lowest BCUT2D eigenvalue weighted by Gasteiger charge is -2.14. The Morgan fingerprint density at radius 1 is 1.17 bits per heavy atom. The molecule has 2 rings (SSSR count). The van der Waals surface area contributed by atoms with Crippen LogP contribution in [0, 0.1) is 6.92 Å². The highest BCUT2D eigenvalue weighted by molar-refractivity contribution is 7.09. The smallest absolute Gasteiger partial charge is 0.224 e. The Morgan fingerprint density at radius 3 is 2.30 bits per heavy atom. The second-order valence-electron chi connectivity index (χ2n) is 4.87. The predicted molar refractivity (Wildman–Crippen MR) is 88.5 cm³/mol. The Hall–Kier alpha value is -2.28. The van der Waals surface area contributed by atoms with Crippen LogP contribution in [0.15, 0.2) is 17.5 Å². The van der Waals surface area contributed by atoms with E-state index in [4.69, 9.17) is 14.2 Å². The number of nitrogens with zero attached hydrogens (tertiary/aromatic N) is 1. The van der Waals surface area contributed by atoms with E-state index in [-0.39, 0.29) is 12.3 Å². The van der Waals surface area contributed by atoms with Crippen LogP contribution in [-0.2, 0) is 17.8 Å². The van der Waals surface area contributed by atoms with E-state index in [0.29, 0.717) is 23.8 Å². The van der Waals surface area contributed by atoms with E-state index in [1.54, 1.807) is 33.5 Å². The summed E-state index contributed by atoms with van der Waals surface area (Å²) in [5.74, 6) is 1.49. The van der Waals surface area contributed by atoms with Crippen molar-refractivity contribution in [2.45, 2.75) is 19.9 Å². The molecule has 1 N–H and O–H groups in total. The zero-order valence-corrected chi connectivity index (χ0v) is 14.5. The van der Waals surface area contributed by atoms with Crippen molar-refractivity contribution < 1.29 is 19.0 Å². The molecule has 0 saturated heterocycles. The molecule has 23 heavy (non-hydrogen) atoms. The molecule has 0 fully saturated rings. The summed E-state index contributed by atoms with van der Waals surface area (Å²) in [4.78, 5) is 16.4. The summed E-state index contributed by atoms with van der Waals surface area (Å²) in [6, 6.07) is 3.54. The topological polar surface area (TPSA) is 69.7 Å². The predicted octanol–water partition coefficient (Wildman–Crippen LogP) is 2.34. The highest BCUT2D eigenvalue weighted by atomic mass is 32.1. The lowest BCUT2D eigenvalue weighted by Crippen LogP contribution is -2.24. The summed E-state index contributed by atoms with van der Waals surface area (Å²) in [7, 11) is 4.64. The largest absolute Gasteiger partial charge is 0.493 e. The van der Waals surface area contributed by atoms with Crippen LogP contribution >= 0.6 is 11.3 Å². The number of aryl methyl sites for hydroxylation is 1. The van der Waals surface area contributed by atoms with Gasteiger partial charge >= 0.3 is 0 Å². The molecule has 1 amide bonds. The molecule has 0 spiro atoms. The van der Waals surface area contributed by atoms with E-state index in [1.165, 1.54) is 11.3 Å². The van der Waals surface area contributed by atoms with Gasteiger partial charge in [-0.1, -0.05) is 0 Å². The summed E-state index contributed by atoms with van der Waals surface area (Å²) in [6.07, 6.45) is 0.223. The standard InChI is InChI=1S/C16H20N2O4S/c1-10-9-23-15(18-10)8-17-14(19)7-11-5-12(20-2)16(22-4)13(6-11)21-3/h5-6,9H,7-8H2,1-4H3,(H,17,19). The zero-order chi connectivity index (χ0) is 16.8. The maximum Gasteiger partial charge on any atom is 0.224 e. The molecule has 7 heteroatoms. The summed E-state index contributed by atoms with van der Waals surface area (Å²) < 4.78 is 15.8. The normalized spacial score (nSPS) is 10.3. The molecular weight excluding hydrogens is 316 g/mol. The Kier molecular flexibility index (Phi) is 5.81. The molecule has 6 nitrogen and oxygen atoms in total. The molecular formula is C16H20N2O4S. The molecule has 2 aromatic rings. The lowest BCUT2D eigenvalue weighted by atomic mass is 10.1. The molecule has 0 unspecified atom stereocenters. The number of benzene rings is 1. The van der Waals surface area contributed by atoms with Gasteiger partial charge in [-0.15, -0.1) is 11.3 Å². The first-order valence-electron chi connectivity index (χ1n) is 7.04. The molecule has 1 heterocycles. The van der Waals surface area contributed by atoms with E-state index >= 15 is 0 Å². The van der Waals surface area contributed by atoms with Gasteiger partial charge < -0.3 is 19.5 Å². The van der Waals surface area contributed by atoms with Gasteiger partial charge in [-0.05, 0) is 24.6 Å². The Balaban J connectivity index is 2.05. The molecule has 1 aromatic carbocycles. The van der Waals surface area contributed by atoms with E-state index in [1.807, 2.05) is 12.3 Å². The molecule has 0 atom stereocenters. The lowest BCUT2D eigenvalue weighted by molar-refractivity contribution is -0.120. The summed E-state index contributed by atoms with van der Waals surface area (Å²) in [5.41, 5.74) is 1.75. The maximum atomic E-state index is 12.1. The van der Waals surface area contributed by atoms with Crippen LogP contribution in [0.3, 0.4) is 0 Å². The molecule has 0 saturated carbocycles. The van der Waals surface area contributed by atoms with Crippen molar-refractivity contribution >= 4 is 17.2 Å². The van der Waals surface area contributed by atoms with Crippen LogP contribution in [0.1, 0.15) is 16.3 Å². The van der Waals surface area contributed by atoms with Crippen molar-refractivity contribution in [1.29, 1.82) is 0 Å². The van der Waals surface area contributed by atoms with Gasteiger partial charge in [-0.2, -0.15) is 0 Å². The molecule has 0 aliphatic heterocycles. The minimum absolute atomic E-state index is 0.0906. The fourth-order valence-electron chi connectivity index (χ4n) is 2.14. The van der Waals surface area contributed by atoms with Gasteiger partial charge in [0.05, 0.1) is 34.3 Å². The molecule has 0 radical (unpaired) electrons. The first-order chi connectivity index (χ1) is 11.1. The molecule has 1 aromatic heterocycles. The quantitative estimate of drug-likeness (QED) is 0.840. The number of aromatic nitrogens is 1. The van der Waals surface area contributed by atoms with Gasteiger partial charge in [-0.3, -0.25) is 4.79 Å². The number of nitrogens with one attached hydrogen (secondary N) is 1. The van der Waals surface area contributed by atoms with E-state index < -0.39 is 0 Å². The Morgan fingerprint density at radius 2 is 1.83 bits per heavy atom. The van der Waals surface area contributed by atoms with Crippen LogP contribution in [0.25, 0.3) is 0 Å². The van der Waals surface area contributed by atoms with Crippen LogP contribution in [0.2, 0.25) is 0 Å². The maximum absolute atomic E-state index is 12.1. The van der Waals surface area contributed by atoms with Crippen molar-refractivity contribution in [3.05, 3.63) is 33.8 Å². The van der Waals surface area contributed by atoms with Gasteiger partial charge in [0.25, 0.3) is 0 Å². The van der Waals surface area contributed by atoms with Crippen LogP contribution < -0.4 is 19.5 Å². The van der Waals surface area contributed by atoms with Crippen molar-refractivity contribution in [2.24, 2.45) is 0 Å². The third-order valence-electron chi connectivity index (χ3n) is 3.19. The monoisotopic (exact) mass is 336 g/mol. The fourth-order valence-corrected chi connectivity index (χ4v) is 2.85. The summed E-state index contributed by atoms with van der Waals surface area (Å²) >= 11 is 1.53. The average molecular weight is 336 g/mol. The SMILES string of the molecule is COc1cc(CC(=O)NCc2nc(C)cs2)cc(OC)c1OC. The highest BCUT2D eigenvalue weighted by Gasteiger charge is 2.15. The second-order valence-corrected chi connectivity index (χ2v) is 5.81. The van der Waals surface area contributed by atoms with Crippen molar-refractivity contribution in [3.8, 4) is 17.2 Å². The highest BCUT2D eigenvalue weighted by Crippen LogP contribution is 2.38. The molecule has 0 aliphatic rings. The number of carbonyl (C=O) groups is 1. The minimum Gasteiger partial charge on any atom is -0.493 e. The summed E-state index contributed by atoms with van der Waals surface area (Å²) in [6.45, 7) is 2.36. The van der Waals surface area contributed by atoms with Crippen LogP contribution in [-0.4, -0.2) is 32.2 Å². The van der Waals surface area contributed by atoms with Crippen molar-refractivity contribution in [3.63, 3.8) is 0 Å². The number of carbonyl (C=O) groups excluding carboxylic acids is 1. The average Bonchev–Trinajstić information content (AvgIpc) is 2.97. The minimum atomic E-state index is -0.0906. The van der Waals surface area contributed by atoms with Crippen LogP contribution in [0.4, 0.5) is 0 Å². The number of amides is 1. The number of thiazole rings is 1. The van der Waals surface area contributed by atoms with Gasteiger partial charge in [-0.25, -0.2) is 4.98 Å². The Bertz CT molecular complexity index is 659. The van der Waals surface area contributed by atoms with E-state index in [0.717, 1.165) is 16.3 Å². The summed E-state index contributed by atoms with van der Waals surface area (Å²) in [5, 5.41) is 5.71. The fraction of sp³-hybridized carbons (Fsp3) is 0.375. The van der Waals surface area contributed by atoms with Gasteiger partial charge in [0.1, 0.15) is 5.01 Å². The van der Waals surface area contributed by atoms with Crippen LogP contribution in [0.5, 0.6) is 17.2 Å². The second kappa shape index (κ2) is 7.82. The number of ether oxygens (including phenoxy) is 3.